The molecule has 1 rings (SSSR count). The molecule has 1 heterocycles. The third kappa shape index (κ3) is 4.03. The van der Waals surface area contributed by atoms with Crippen LogP contribution in [-0.2, 0) is 0 Å². The number of hydrogen-bond donors (Lipinski definition) is 2. The van der Waals surface area contributed by atoms with Gasteiger partial charge in [0, 0.05) is 12.1 Å². The number of nitrogens with one attached hydrogen (secondary N) is 1. The van der Waals surface area contributed by atoms with Crippen LogP contribution in [0.5, 0.6) is 0 Å². The number of pyridine rings is 1. The highest BCUT2D eigenvalue weighted by atomic mass is 35.5. The van der Waals surface area contributed by atoms with Crippen LogP contribution in [0.3, 0.4) is 0 Å². The first-order valence-electron chi connectivity index (χ1n) is 4.28. The molecule has 0 saturated heterocycles. The van der Waals surface area contributed by atoms with Crippen molar-refractivity contribution in [1.82, 2.24) is 10.3 Å². The first-order chi connectivity index (χ1) is 6.99. The molecule has 0 bridgehead atoms. The number of hydrogen-bond acceptors (Lipinski definition) is 3. The Morgan fingerprint density at radius 1 is 1.53 bits per heavy atom. The molecule has 15 heavy (non-hydrogen) atoms. The number of rotatable bonds is 3. The number of halogens is 2. The van der Waals surface area contributed by atoms with Gasteiger partial charge < -0.3 is 10.4 Å². The summed E-state index contributed by atoms with van der Waals surface area (Å²) >= 11 is 11.3. The van der Waals surface area contributed by atoms with Crippen LogP contribution in [0.4, 0.5) is 0 Å². The predicted octanol–water partition coefficient (Wildman–Crippen LogP) is 1.50. The summed E-state index contributed by atoms with van der Waals surface area (Å²) in [6.45, 7) is 1.75. The first-order valence-corrected chi connectivity index (χ1v) is 5.04. The number of carbonyl (C=O) groups is 1. The average molecular weight is 249 g/mol. The van der Waals surface area contributed by atoms with Gasteiger partial charge in [0.05, 0.1) is 6.10 Å². The molecule has 82 valence electrons. The van der Waals surface area contributed by atoms with Gasteiger partial charge in [0.25, 0.3) is 5.91 Å². The van der Waals surface area contributed by atoms with E-state index in [2.05, 4.69) is 10.3 Å². The fourth-order valence-electron chi connectivity index (χ4n) is 0.938. The van der Waals surface area contributed by atoms with Gasteiger partial charge in [-0.15, -0.1) is 0 Å². The van der Waals surface area contributed by atoms with Crippen molar-refractivity contribution in [3.63, 3.8) is 0 Å². The lowest BCUT2D eigenvalue weighted by atomic mass is 10.2. The Balaban J connectivity index is 2.73. The van der Waals surface area contributed by atoms with E-state index in [-0.39, 0.29) is 22.8 Å². The maximum Gasteiger partial charge on any atom is 0.251 e. The van der Waals surface area contributed by atoms with Crippen LogP contribution >= 0.6 is 23.2 Å². The number of nitrogens with zero attached hydrogens (tertiary/aromatic N) is 1. The molecule has 0 unspecified atom stereocenters. The van der Waals surface area contributed by atoms with E-state index in [1.165, 1.54) is 12.1 Å². The average Bonchev–Trinajstić information content (AvgIpc) is 2.12. The minimum absolute atomic E-state index is 0.157. The van der Waals surface area contributed by atoms with Gasteiger partial charge in [0.2, 0.25) is 0 Å². The van der Waals surface area contributed by atoms with Crippen molar-refractivity contribution in [2.75, 3.05) is 6.54 Å². The minimum Gasteiger partial charge on any atom is -0.392 e. The number of aliphatic hydroxyl groups excluding tert-OH is 1. The Bertz CT molecular complexity index is 349. The Morgan fingerprint density at radius 3 is 2.53 bits per heavy atom. The quantitative estimate of drug-likeness (QED) is 0.798. The lowest BCUT2D eigenvalue weighted by Gasteiger charge is -2.07. The van der Waals surface area contributed by atoms with Gasteiger partial charge in [0.1, 0.15) is 10.3 Å². The van der Waals surface area contributed by atoms with Crippen LogP contribution in [0.2, 0.25) is 10.3 Å². The van der Waals surface area contributed by atoms with Crippen LogP contribution in [0.15, 0.2) is 12.1 Å². The van der Waals surface area contributed by atoms with Crippen molar-refractivity contribution in [3.8, 4) is 0 Å². The van der Waals surface area contributed by atoms with Gasteiger partial charge in [-0.25, -0.2) is 4.98 Å². The summed E-state index contributed by atoms with van der Waals surface area (Å²) in [5.41, 5.74) is 0.320. The molecule has 0 spiro atoms. The maximum absolute atomic E-state index is 11.5. The zero-order valence-corrected chi connectivity index (χ0v) is 9.51. The largest absolute Gasteiger partial charge is 0.392 e. The first kappa shape index (κ1) is 12.2. The van der Waals surface area contributed by atoms with Gasteiger partial charge in [-0.05, 0) is 19.1 Å². The summed E-state index contributed by atoms with van der Waals surface area (Å²) in [7, 11) is 0. The second-order valence-corrected chi connectivity index (χ2v) is 3.83. The fraction of sp³-hybridized carbons (Fsp3) is 0.333. The van der Waals surface area contributed by atoms with Crippen LogP contribution in [-0.4, -0.2) is 28.6 Å². The summed E-state index contributed by atoms with van der Waals surface area (Å²) in [5.74, 6) is -0.345. The molecule has 6 heteroatoms. The Labute approximate surface area is 97.2 Å². The molecule has 2 N–H and O–H groups in total. The molecule has 0 aliphatic rings. The van der Waals surface area contributed by atoms with Crippen molar-refractivity contribution in [2.24, 2.45) is 0 Å². The Kier molecular flexibility index (Phi) is 4.32. The van der Waals surface area contributed by atoms with Crippen molar-refractivity contribution < 1.29 is 9.90 Å². The van der Waals surface area contributed by atoms with E-state index in [1.807, 2.05) is 0 Å². The summed E-state index contributed by atoms with van der Waals surface area (Å²) in [4.78, 5) is 15.2. The molecule has 1 aromatic heterocycles. The molecule has 4 nitrogen and oxygen atoms in total. The van der Waals surface area contributed by atoms with E-state index in [0.29, 0.717) is 5.56 Å². The van der Waals surface area contributed by atoms with Crippen LogP contribution in [0.25, 0.3) is 0 Å². The molecule has 0 saturated carbocycles. The van der Waals surface area contributed by atoms with E-state index >= 15 is 0 Å². The zero-order valence-electron chi connectivity index (χ0n) is 8.00. The van der Waals surface area contributed by atoms with Crippen molar-refractivity contribution in [1.29, 1.82) is 0 Å². The molecule has 0 aromatic carbocycles. The van der Waals surface area contributed by atoms with Crippen molar-refractivity contribution in [2.45, 2.75) is 13.0 Å². The summed E-state index contributed by atoms with van der Waals surface area (Å²) in [6, 6.07) is 2.82. The lowest BCUT2D eigenvalue weighted by molar-refractivity contribution is 0.0924. The predicted molar refractivity (Wildman–Crippen MR) is 58.3 cm³/mol. The number of aromatic nitrogens is 1. The number of aliphatic hydroxyl groups is 1. The van der Waals surface area contributed by atoms with Gasteiger partial charge in [-0.2, -0.15) is 0 Å². The minimum atomic E-state index is -0.596. The van der Waals surface area contributed by atoms with Crippen molar-refractivity contribution >= 4 is 29.1 Å². The molecular formula is C9H10Cl2N2O2. The smallest absolute Gasteiger partial charge is 0.251 e. The van der Waals surface area contributed by atoms with E-state index in [1.54, 1.807) is 6.92 Å². The highest BCUT2D eigenvalue weighted by molar-refractivity contribution is 6.33. The molecule has 1 amide bonds. The second kappa shape index (κ2) is 5.30. The Hall–Kier alpha value is -0.840. The van der Waals surface area contributed by atoms with Crippen LogP contribution < -0.4 is 5.32 Å². The zero-order chi connectivity index (χ0) is 11.4. The molecule has 1 atom stereocenters. The fourth-order valence-corrected chi connectivity index (χ4v) is 1.40. The second-order valence-electron chi connectivity index (χ2n) is 3.06. The summed E-state index contributed by atoms with van der Waals surface area (Å²) in [6.07, 6.45) is -0.596. The van der Waals surface area contributed by atoms with Gasteiger partial charge in [-0.1, -0.05) is 23.2 Å². The van der Waals surface area contributed by atoms with E-state index < -0.39 is 6.10 Å². The maximum atomic E-state index is 11.5. The highest BCUT2D eigenvalue weighted by Crippen LogP contribution is 2.14. The van der Waals surface area contributed by atoms with Gasteiger partial charge in [0.15, 0.2) is 0 Å². The monoisotopic (exact) mass is 248 g/mol. The highest BCUT2D eigenvalue weighted by Gasteiger charge is 2.08. The van der Waals surface area contributed by atoms with Gasteiger partial charge >= 0.3 is 0 Å². The summed E-state index contributed by atoms with van der Waals surface area (Å²) in [5, 5.41) is 11.8. The lowest BCUT2D eigenvalue weighted by Crippen LogP contribution is -2.30. The topological polar surface area (TPSA) is 62.2 Å². The van der Waals surface area contributed by atoms with Crippen LogP contribution in [0, 0.1) is 0 Å². The molecule has 0 aliphatic carbocycles. The van der Waals surface area contributed by atoms with Crippen molar-refractivity contribution in [3.05, 3.63) is 28.0 Å². The third-order valence-corrected chi connectivity index (χ3v) is 1.97. The molecule has 0 radical (unpaired) electrons. The SMILES string of the molecule is C[C@H](O)CNC(=O)c1cc(Cl)nc(Cl)c1. The molecule has 0 fully saturated rings. The van der Waals surface area contributed by atoms with E-state index in [9.17, 15) is 4.79 Å². The third-order valence-electron chi connectivity index (χ3n) is 1.58. The standard InChI is InChI=1S/C9H10Cl2N2O2/c1-5(14)4-12-9(15)6-2-7(10)13-8(11)3-6/h2-3,5,14H,4H2,1H3,(H,12,15)/t5-/m0/s1. The number of amides is 1. The normalized spacial score (nSPS) is 12.3. The van der Waals surface area contributed by atoms with E-state index in [4.69, 9.17) is 28.3 Å². The summed E-state index contributed by atoms with van der Waals surface area (Å²) < 4.78 is 0. The van der Waals surface area contributed by atoms with Crippen LogP contribution in [0.1, 0.15) is 17.3 Å². The molecule has 0 aliphatic heterocycles. The molecular weight excluding hydrogens is 239 g/mol. The van der Waals surface area contributed by atoms with E-state index in [0.717, 1.165) is 0 Å². The van der Waals surface area contributed by atoms with Gasteiger partial charge in [-0.3, -0.25) is 4.79 Å². The molecule has 1 aromatic rings. The number of carbonyl (C=O) groups excluding carboxylic acids is 1. The Morgan fingerprint density at radius 2 is 2.07 bits per heavy atom.